The molecule has 0 bridgehead atoms. The van der Waals surface area contributed by atoms with Crippen molar-refractivity contribution in [1.29, 1.82) is 0 Å². The van der Waals surface area contributed by atoms with Gasteiger partial charge in [-0.2, -0.15) is 14.6 Å². The second-order valence-corrected chi connectivity index (χ2v) is 8.86. The van der Waals surface area contributed by atoms with Crippen LogP contribution in [0.4, 0.5) is 5.82 Å². The fourth-order valence-electron chi connectivity index (χ4n) is 3.81. The number of methoxy groups -OCH3 is 1. The molecule has 0 saturated carbocycles. The Labute approximate surface area is 134 Å². The van der Waals surface area contributed by atoms with Crippen molar-refractivity contribution in [3.8, 4) is 0 Å². The van der Waals surface area contributed by atoms with Crippen molar-refractivity contribution in [1.82, 2.24) is 19.6 Å². The molecule has 124 valence electrons. The molecule has 2 aliphatic heterocycles. The number of aromatic nitrogens is 4. The Morgan fingerprint density at radius 3 is 2.96 bits per heavy atom. The Hall–Kier alpha value is -1.74. The highest BCUT2D eigenvalue weighted by Crippen LogP contribution is 2.46. The van der Waals surface area contributed by atoms with Crippen LogP contribution in [0.3, 0.4) is 0 Å². The molecular formula is C14H19N5O3S. The predicted molar refractivity (Wildman–Crippen MR) is 84.2 cm³/mol. The van der Waals surface area contributed by atoms with E-state index in [-0.39, 0.29) is 11.7 Å². The van der Waals surface area contributed by atoms with Gasteiger partial charge in [-0.05, 0) is 13.3 Å². The van der Waals surface area contributed by atoms with Crippen LogP contribution in [0.15, 0.2) is 12.4 Å². The number of hydrogen-bond donors (Lipinski definition) is 0. The SMILES string of the molecule is COC[C@@H]1CCS(=O)(=O)C12CN(c1cc(C)nc3ncnn13)C2. The summed E-state index contributed by atoms with van der Waals surface area (Å²) in [6.45, 7) is 3.33. The molecule has 8 nitrogen and oxygen atoms in total. The van der Waals surface area contributed by atoms with Gasteiger partial charge < -0.3 is 9.64 Å². The van der Waals surface area contributed by atoms with E-state index in [1.54, 1.807) is 11.6 Å². The third-order valence-corrected chi connectivity index (χ3v) is 7.67. The molecule has 4 rings (SSSR count). The van der Waals surface area contributed by atoms with Crippen molar-refractivity contribution >= 4 is 21.4 Å². The van der Waals surface area contributed by atoms with Gasteiger partial charge in [-0.1, -0.05) is 0 Å². The average Bonchev–Trinajstić information content (AvgIpc) is 2.99. The maximum atomic E-state index is 12.6. The van der Waals surface area contributed by atoms with E-state index in [0.717, 1.165) is 11.5 Å². The van der Waals surface area contributed by atoms with Crippen LogP contribution in [-0.2, 0) is 14.6 Å². The lowest BCUT2D eigenvalue weighted by Gasteiger charge is -2.50. The molecule has 0 aliphatic carbocycles. The first kappa shape index (κ1) is 14.8. The Balaban J connectivity index is 1.69. The van der Waals surface area contributed by atoms with Crippen LogP contribution in [0.2, 0.25) is 0 Å². The number of aryl methyl sites for hydroxylation is 1. The van der Waals surface area contributed by atoms with Gasteiger partial charge in [-0.3, -0.25) is 0 Å². The molecule has 2 saturated heterocycles. The van der Waals surface area contributed by atoms with Gasteiger partial charge in [-0.25, -0.2) is 13.4 Å². The number of ether oxygens (including phenoxy) is 1. The molecule has 0 unspecified atom stereocenters. The van der Waals surface area contributed by atoms with Crippen LogP contribution in [0.5, 0.6) is 0 Å². The molecule has 0 radical (unpaired) electrons. The van der Waals surface area contributed by atoms with Gasteiger partial charge in [0.1, 0.15) is 16.9 Å². The molecule has 2 aromatic rings. The Kier molecular flexibility index (Phi) is 3.14. The van der Waals surface area contributed by atoms with E-state index >= 15 is 0 Å². The van der Waals surface area contributed by atoms with Crippen molar-refractivity contribution in [3.63, 3.8) is 0 Å². The Bertz CT molecular complexity index is 856. The monoisotopic (exact) mass is 337 g/mol. The van der Waals surface area contributed by atoms with Gasteiger partial charge in [0.25, 0.3) is 5.78 Å². The van der Waals surface area contributed by atoms with Gasteiger partial charge >= 0.3 is 0 Å². The van der Waals surface area contributed by atoms with Crippen LogP contribution < -0.4 is 4.90 Å². The zero-order chi connectivity index (χ0) is 16.2. The van der Waals surface area contributed by atoms with Crippen LogP contribution >= 0.6 is 0 Å². The van der Waals surface area contributed by atoms with Crippen LogP contribution in [0.1, 0.15) is 12.1 Å². The van der Waals surface area contributed by atoms with Crippen LogP contribution in [-0.4, -0.2) is 65.3 Å². The summed E-state index contributed by atoms with van der Waals surface area (Å²) >= 11 is 0. The number of nitrogens with zero attached hydrogens (tertiary/aromatic N) is 5. The Morgan fingerprint density at radius 1 is 1.43 bits per heavy atom. The van der Waals surface area contributed by atoms with Crippen molar-refractivity contribution in [2.45, 2.75) is 18.1 Å². The first-order valence-corrected chi connectivity index (χ1v) is 9.26. The van der Waals surface area contributed by atoms with E-state index in [2.05, 4.69) is 15.1 Å². The minimum atomic E-state index is -3.09. The summed E-state index contributed by atoms with van der Waals surface area (Å²) in [5.74, 6) is 1.68. The van der Waals surface area contributed by atoms with Gasteiger partial charge in [0.05, 0.1) is 12.4 Å². The van der Waals surface area contributed by atoms with Gasteiger partial charge in [0, 0.05) is 37.9 Å². The van der Waals surface area contributed by atoms with E-state index in [1.165, 1.54) is 6.33 Å². The summed E-state index contributed by atoms with van der Waals surface area (Å²) in [7, 11) is -1.47. The number of rotatable bonds is 3. The van der Waals surface area contributed by atoms with Gasteiger partial charge in [-0.15, -0.1) is 0 Å². The number of sulfone groups is 1. The topological polar surface area (TPSA) is 89.7 Å². The molecular weight excluding hydrogens is 318 g/mol. The molecule has 2 fully saturated rings. The summed E-state index contributed by atoms with van der Waals surface area (Å²) in [6, 6.07) is 1.92. The van der Waals surface area contributed by atoms with Gasteiger partial charge in [0.15, 0.2) is 9.84 Å². The van der Waals surface area contributed by atoms with Crippen LogP contribution in [0.25, 0.3) is 5.78 Å². The van der Waals surface area contributed by atoms with E-state index in [9.17, 15) is 8.42 Å². The highest BCUT2D eigenvalue weighted by atomic mass is 32.2. The molecule has 1 atom stereocenters. The molecule has 0 amide bonds. The largest absolute Gasteiger partial charge is 0.384 e. The molecule has 23 heavy (non-hydrogen) atoms. The fourth-order valence-corrected chi connectivity index (χ4v) is 6.21. The van der Waals surface area contributed by atoms with E-state index in [0.29, 0.717) is 31.9 Å². The molecule has 0 N–H and O–H groups in total. The smallest absolute Gasteiger partial charge is 0.254 e. The summed E-state index contributed by atoms with van der Waals surface area (Å²) < 4.78 is 31.4. The molecule has 4 heterocycles. The second-order valence-electron chi connectivity index (χ2n) is 6.41. The Morgan fingerprint density at radius 2 is 2.22 bits per heavy atom. The number of hydrogen-bond acceptors (Lipinski definition) is 7. The van der Waals surface area contributed by atoms with E-state index in [1.807, 2.05) is 17.9 Å². The number of anilines is 1. The number of fused-ring (bicyclic) bond motifs is 1. The van der Waals surface area contributed by atoms with Gasteiger partial charge in [0.2, 0.25) is 0 Å². The summed E-state index contributed by atoms with van der Waals surface area (Å²) in [5.41, 5.74) is 0.837. The molecule has 1 spiro atoms. The molecule has 2 aromatic heterocycles. The molecule has 2 aliphatic rings. The third kappa shape index (κ3) is 1.99. The summed E-state index contributed by atoms with van der Waals surface area (Å²) in [6.07, 6.45) is 2.14. The maximum Gasteiger partial charge on any atom is 0.254 e. The second kappa shape index (κ2) is 4.88. The lowest BCUT2D eigenvalue weighted by molar-refractivity contribution is 0.123. The highest BCUT2D eigenvalue weighted by Gasteiger charge is 2.61. The minimum absolute atomic E-state index is 0.0583. The maximum absolute atomic E-state index is 12.6. The fraction of sp³-hybridized carbons (Fsp3) is 0.643. The predicted octanol–water partition coefficient (Wildman–Crippen LogP) is 0.0726. The minimum Gasteiger partial charge on any atom is -0.384 e. The normalized spacial score (nSPS) is 25.1. The quantitative estimate of drug-likeness (QED) is 0.783. The average molecular weight is 337 g/mol. The van der Waals surface area contributed by atoms with Crippen molar-refractivity contribution < 1.29 is 13.2 Å². The highest BCUT2D eigenvalue weighted by molar-refractivity contribution is 7.93. The first-order valence-electron chi connectivity index (χ1n) is 7.60. The lowest BCUT2D eigenvalue weighted by Crippen LogP contribution is -2.68. The molecule has 9 heteroatoms. The van der Waals surface area contributed by atoms with E-state index < -0.39 is 14.6 Å². The van der Waals surface area contributed by atoms with Crippen molar-refractivity contribution in [2.75, 3.05) is 37.5 Å². The van der Waals surface area contributed by atoms with Crippen molar-refractivity contribution in [2.24, 2.45) is 5.92 Å². The summed E-state index contributed by atoms with van der Waals surface area (Å²) in [4.78, 5) is 10.5. The van der Waals surface area contributed by atoms with E-state index in [4.69, 9.17) is 4.74 Å². The zero-order valence-corrected chi connectivity index (χ0v) is 14.0. The van der Waals surface area contributed by atoms with Crippen LogP contribution in [0, 0.1) is 12.8 Å². The third-order valence-electron chi connectivity index (χ3n) is 5.07. The zero-order valence-electron chi connectivity index (χ0n) is 13.1. The summed E-state index contributed by atoms with van der Waals surface area (Å²) in [5, 5.41) is 4.20. The van der Waals surface area contributed by atoms with Crippen molar-refractivity contribution in [3.05, 3.63) is 18.1 Å². The first-order chi connectivity index (χ1) is 11.0. The molecule has 0 aromatic carbocycles. The standard InChI is InChI=1S/C14H19N5O3S/c1-10-5-12(19-13(17-10)15-9-16-19)18-7-14(8-18)11(6-22-2)3-4-23(14,20)21/h5,9,11H,3-4,6-8H2,1-2H3/t11-/m0/s1. The lowest BCUT2D eigenvalue weighted by atomic mass is 9.83.